The number of aryl methyl sites for hydroxylation is 1. The molecule has 1 N–H and O–H groups in total. The molecule has 6 rings (SSSR count). The molecule has 178 valence electrons. The van der Waals surface area contributed by atoms with Gasteiger partial charge in [-0.1, -0.05) is 59.9 Å². The van der Waals surface area contributed by atoms with E-state index < -0.39 is 5.97 Å². The van der Waals surface area contributed by atoms with Gasteiger partial charge < -0.3 is 9.84 Å². The number of hydrogen-bond acceptors (Lipinski definition) is 6. The third kappa shape index (κ3) is 3.69. The zero-order chi connectivity index (χ0) is 24.8. The lowest BCUT2D eigenvalue weighted by molar-refractivity contribution is 0.0600. The van der Waals surface area contributed by atoms with Gasteiger partial charge in [-0.15, -0.1) is 0 Å². The van der Waals surface area contributed by atoms with Crippen LogP contribution in [0.4, 0.5) is 0 Å². The second-order valence-corrected chi connectivity index (χ2v) is 9.83. The molecule has 3 aromatic carbocycles. The van der Waals surface area contributed by atoms with E-state index in [-0.39, 0.29) is 17.4 Å². The van der Waals surface area contributed by atoms with Crippen molar-refractivity contribution < 1.29 is 14.6 Å². The highest BCUT2D eigenvalue weighted by molar-refractivity contribution is 7.07. The number of aromatic hydroxyl groups is 1. The van der Waals surface area contributed by atoms with Crippen LogP contribution in [0.1, 0.15) is 45.1 Å². The van der Waals surface area contributed by atoms with Crippen molar-refractivity contribution in [3.05, 3.63) is 126 Å². The summed E-state index contributed by atoms with van der Waals surface area (Å²) >= 11 is 1.34. The van der Waals surface area contributed by atoms with E-state index in [0.717, 1.165) is 40.8 Å². The summed E-state index contributed by atoms with van der Waals surface area (Å²) in [6.45, 7) is 0. The number of rotatable bonds is 3. The number of fused-ring (bicyclic) bond motifs is 3. The van der Waals surface area contributed by atoms with Crippen LogP contribution in [0, 0.1) is 0 Å². The smallest absolute Gasteiger partial charge is 0.337 e. The van der Waals surface area contributed by atoms with Crippen molar-refractivity contribution in [1.82, 2.24) is 4.57 Å². The van der Waals surface area contributed by atoms with Crippen molar-refractivity contribution in [2.45, 2.75) is 18.9 Å². The Morgan fingerprint density at radius 2 is 1.89 bits per heavy atom. The number of carbonyl (C=O) groups is 1. The van der Waals surface area contributed by atoms with Gasteiger partial charge in [0.15, 0.2) is 4.80 Å². The molecule has 0 saturated heterocycles. The Kier molecular flexibility index (Phi) is 5.42. The van der Waals surface area contributed by atoms with Crippen molar-refractivity contribution in [3.63, 3.8) is 0 Å². The van der Waals surface area contributed by atoms with Crippen molar-refractivity contribution >= 4 is 29.1 Å². The molecule has 36 heavy (non-hydrogen) atoms. The number of phenols is 1. The van der Waals surface area contributed by atoms with E-state index in [0.29, 0.717) is 14.9 Å². The van der Waals surface area contributed by atoms with E-state index in [9.17, 15) is 14.7 Å². The van der Waals surface area contributed by atoms with Gasteiger partial charge in [-0.2, -0.15) is 0 Å². The fraction of sp³-hybridized carbons (Fsp3) is 0.138. The minimum Gasteiger partial charge on any atom is -0.508 e. The third-order valence-electron chi connectivity index (χ3n) is 6.69. The molecular weight excluding hydrogens is 472 g/mol. The number of benzene rings is 3. The van der Waals surface area contributed by atoms with Crippen LogP contribution in [-0.4, -0.2) is 22.8 Å². The minimum absolute atomic E-state index is 0.130. The molecule has 0 spiro atoms. The van der Waals surface area contributed by atoms with E-state index >= 15 is 0 Å². The summed E-state index contributed by atoms with van der Waals surface area (Å²) in [5.74, 6) is -0.254. The predicted octanol–water partition coefficient (Wildman–Crippen LogP) is 3.81. The average Bonchev–Trinajstić information content (AvgIpc) is 3.21. The quantitative estimate of drug-likeness (QED) is 0.439. The van der Waals surface area contributed by atoms with Gasteiger partial charge >= 0.3 is 5.97 Å². The van der Waals surface area contributed by atoms with Gasteiger partial charge in [-0.3, -0.25) is 9.36 Å². The Bertz CT molecular complexity index is 1730. The molecule has 0 fully saturated rings. The number of phenolic OH excluding ortho intramolecular Hbond substituents is 1. The molecule has 1 aromatic heterocycles. The first-order chi connectivity index (χ1) is 17.5. The van der Waals surface area contributed by atoms with Crippen molar-refractivity contribution in [2.75, 3.05) is 7.11 Å². The van der Waals surface area contributed by atoms with E-state index in [1.807, 2.05) is 30.3 Å². The first kappa shape index (κ1) is 22.2. The lowest BCUT2D eigenvalue weighted by Gasteiger charge is -2.30. The van der Waals surface area contributed by atoms with Gasteiger partial charge in [-0.25, -0.2) is 9.79 Å². The molecule has 6 nitrogen and oxygen atoms in total. The maximum atomic E-state index is 13.8. The summed E-state index contributed by atoms with van der Waals surface area (Å²) in [5, 5.41) is 9.87. The lowest BCUT2D eigenvalue weighted by Crippen LogP contribution is -2.38. The molecule has 0 saturated carbocycles. The summed E-state index contributed by atoms with van der Waals surface area (Å²) in [5.41, 5.74) is 6.34. The van der Waals surface area contributed by atoms with Crippen molar-refractivity contribution in [3.8, 4) is 5.75 Å². The number of allylic oxidation sites excluding steroid dienone is 1. The first-order valence-electron chi connectivity index (χ1n) is 11.6. The monoisotopic (exact) mass is 494 g/mol. The van der Waals surface area contributed by atoms with Crippen LogP contribution in [0.15, 0.2) is 88.2 Å². The molecule has 7 heteroatoms. The standard InChI is InChI=1S/C29H22N2O4S/c1-35-28(34)20-11-9-19(10-12-20)26-23-14-13-18-6-2-3-8-22(18)25(23)30-29-31(26)27(33)24(36-29)16-17-5-4-7-21(32)15-17/h2-12,15-16,26,32H,13-14H2,1H3/b24-16-/t26-/m0/s1. The van der Waals surface area contributed by atoms with E-state index in [1.54, 1.807) is 41.0 Å². The molecule has 2 aliphatic rings. The SMILES string of the molecule is COC(=O)c1ccc([C@H]2C3=C(N=c4s/c(=C\c5cccc(O)c5)c(=O)n42)c2ccccc2CC3)cc1. The molecule has 1 aliphatic carbocycles. The maximum absolute atomic E-state index is 13.8. The number of hydrogen-bond donors (Lipinski definition) is 1. The van der Waals surface area contributed by atoms with Crippen LogP contribution in [0.2, 0.25) is 0 Å². The number of esters is 1. The van der Waals surface area contributed by atoms with Gasteiger partial charge in [0.25, 0.3) is 5.56 Å². The van der Waals surface area contributed by atoms with Crippen LogP contribution < -0.4 is 14.9 Å². The van der Waals surface area contributed by atoms with E-state index in [2.05, 4.69) is 12.1 Å². The average molecular weight is 495 g/mol. The predicted molar refractivity (Wildman–Crippen MR) is 139 cm³/mol. The second-order valence-electron chi connectivity index (χ2n) is 8.82. The van der Waals surface area contributed by atoms with Gasteiger partial charge in [0.2, 0.25) is 0 Å². The fourth-order valence-electron chi connectivity index (χ4n) is 5.01. The van der Waals surface area contributed by atoms with Gasteiger partial charge in [-0.05, 0) is 65.4 Å². The Morgan fingerprint density at radius 1 is 1.08 bits per heavy atom. The normalized spacial score (nSPS) is 16.6. The highest BCUT2D eigenvalue weighted by Gasteiger charge is 2.32. The van der Waals surface area contributed by atoms with Gasteiger partial charge in [0, 0.05) is 5.56 Å². The molecule has 0 amide bonds. The Morgan fingerprint density at radius 3 is 2.67 bits per heavy atom. The molecule has 0 radical (unpaired) electrons. The molecule has 1 aliphatic heterocycles. The number of thiazole rings is 1. The van der Waals surface area contributed by atoms with Crippen LogP contribution in [0.25, 0.3) is 11.8 Å². The Hall–Kier alpha value is -4.23. The zero-order valence-electron chi connectivity index (χ0n) is 19.5. The summed E-state index contributed by atoms with van der Waals surface area (Å²) in [6, 6.07) is 22.0. The van der Waals surface area contributed by atoms with Gasteiger partial charge in [0.05, 0.1) is 28.9 Å². The summed E-state index contributed by atoms with van der Waals surface area (Å²) < 4.78 is 7.16. The molecule has 4 aromatic rings. The lowest BCUT2D eigenvalue weighted by atomic mass is 9.83. The summed E-state index contributed by atoms with van der Waals surface area (Å²) in [7, 11) is 1.36. The maximum Gasteiger partial charge on any atom is 0.337 e. The molecule has 0 bridgehead atoms. The van der Waals surface area contributed by atoms with Crippen molar-refractivity contribution in [1.29, 1.82) is 0 Å². The molecule has 1 atom stereocenters. The minimum atomic E-state index is -0.400. The Balaban J connectivity index is 1.59. The largest absolute Gasteiger partial charge is 0.508 e. The van der Waals surface area contributed by atoms with E-state index in [4.69, 9.17) is 9.73 Å². The fourth-order valence-corrected chi connectivity index (χ4v) is 6.01. The van der Waals surface area contributed by atoms with Gasteiger partial charge in [0.1, 0.15) is 5.75 Å². The number of carbonyl (C=O) groups excluding carboxylic acids is 1. The Labute approximate surface area is 210 Å². The van der Waals surface area contributed by atoms with E-state index in [1.165, 1.54) is 24.0 Å². The van der Waals surface area contributed by atoms with Crippen LogP contribution >= 0.6 is 11.3 Å². The molecular formula is C29H22N2O4S. The second kappa shape index (κ2) is 8.77. The first-order valence-corrected chi connectivity index (χ1v) is 12.5. The number of ether oxygens (including phenoxy) is 1. The van der Waals surface area contributed by atoms with Crippen LogP contribution in [-0.2, 0) is 11.2 Å². The zero-order valence-corrected chi connectivity index (χ0v) is 20.3. The highest BCUT2D eigenvalue weighted by atomic mass is 32.1. The van der Waals surface area contributed by atoms with Crippen molar-refractivity contribution in [2.24, 2.45) is 4.99 Å². The summed E-state index contributed by atoms with van der Waals surface area (Å²) in [4.78, 5) is 31.4. The number of nitrogens with zero attached hydrogens (tertiary/aromatic N) is 2. The van der Waals surface area contributed by atoms with Crippen LogP contribution in [0.5, 0.6) is 5.75 Å². The molecule has 2 heterocycles. The third-order valence-corrected chi connectivity index (χ3v) is 7.67. The number of aromatic nitrogens is 1. The topological polar surface area (TPSA) is 80.9 Å². The van der Waals surface area contributed by atoms with Crippen LogP contribution in [0.3, 0.4) is 0 Å². The summed E-state index contributed by atoms with van der Waals surface area (Å²) in [6.07, 6.45) is 3.45. The molecule has 0 unspecified atom stereocenters. The highest BCUT2D eigenvalue weighted by Crippen LogP contribution is 2.41. The number of methoxy groups -OCH3 is 1.